The van der Waals surface area contributed by atoms with E-state index in [4.69, 9.17) is 4.74 Å². The predicted octanol–water partition coefficient (Wildman–Crippen LogP) is 1.96. The maximum Gasteiger partial charge on any atom is 0.123 e. The summed E-state index contributed by atoms with van der Waals surface area (Å²) in [6, 6.07) is 5.91. The molecule has 0 saturated carbocycles. The van der Waals surface area contributed by atoms with Gasteiger partial charge in [-0.25, -0.2) is 0 Å². The standard InChI is InChI=1S/C17H28N2O2/c1-18-8-6-14(7-9-18)11-19(2)12-16-10-15(13-20)4-5-17(16)21-3/h4-5,10,14,20H,6-9,11-13H2,1-3H3. The summed E-state index contributed by atoms with van der Waals surface area (Å²) < 4.78 is 5.43. The van der Waals surface area contributed by atoms with Crippen molar-refractivity contribution in [3.63, 3.8) is 0 Å². The summed E-state index contributed by atoms with van der Waals surface area (Å²) in [5.41, 5.74) is 2.10. The Kier molecular flexibility index (Phi) is 6.03. The number of piperidine rings is 1. The monoisotopic (exact) mass is 292 g/mol. The smallest absolute Gasteiger partial charge is 0.123 e. The molecule has 1 aromatic carbocycles. The lowest BCUT2D eigenvalue weighted by atomic mass is 9.96. The Hall–Kier alpha value is -1.10. The van der Waals surface area contributed by atoms with Crippen LogP contribution >= 0.6 is 0 Å². The van der Waals surface area contributed by atoms with Gasteiger partial charge in [-0.1, -0.05) is 6.07 Å². The van der Waals surface area contributed by atoms with Crippen LogP contribution in [-0.2, 0) is 13.2 Å². The predicted molar refractivity (Wildman–Crippen MR) is 85.5 cm³/mol. The van der Waals surface area contributed by atoms with Crippen LogP contribution in [0.4, 0.5) is 0 Å². The van der Waals surface area contributed by atoms with Crippen LogP contribution in [0.25, 0.3) is 0 Å². The van der Waals surface area contributed by atoms with Gasteiger partial charge in [-0.15, -0.1) is 0 Å². The molecular formula is C17H28N2O2. The number of aliphatic hydroxyl groups is 1. The zero-order valence-electron chi connectivity index (χ0n) is 13.5. The molecule has 0 radical (unpaired) electrons. The van der Waals surface area contributed by atoms with Gasteiger partial charge in [0.25, 0.3) is 0 Å². The number of ether oxygens (including phenoxy) is 1. The second-order valence-corrected chi connectivity index (χ2v) is 6.25. The molecule has 118 valence electrons. The summed E-state index contributed by atoms with van der Waals surface area (Å²) in [6.45, 7) is 4.49. The molecule has 1 heterocycles. The van der Waals surface area contributed by atoms with Crippen molar-refractivity contribution in [1.29, 1.82) is 0 Å². The van der Waals surface area contributed by atoms with E-state index >= 15 is 0 Å². The summed E-state index contributed by atoms with van der Waals surface area (Å²) in [5, 5.41) is 9.29. The fraction of sp³-hybridized carbons (Fsp3) is 0.647. The molecule has 0 aliphatic carbocycles. The van der Waals surface area contributed by atoms with Gasteiger partial charge in [0.05, 0.1) is 13.7 Å². The number of methoxy groups -OCH3 is 1. The van der Waals surface area contributed by atoms with Gasteiger partial charge in [-0.3, -0.25) is 0 Å². The number of hydrogen-bond acceptors (Lipinski definition) is 4. The fourth-order valence-corrected chi connectivity index (χ4v) is 3.09. The van der Waals surface area contributed by atoms with Crippen molar-refractivity contribution in [1.82, 2.24) is 9.80 Å². The van der Waals surface area contributed by atoms with Crippen molar-refractivity contribution >= 4 is 0 Å². The average Bonchev–Trinajstić information content (AvgIpc) is 2.49. The Morgan fingerprint density at radius 1 is 1.33 bits per heavy atom. The highest BCUT2D eigenvalue weighted by Gasteiger charge is 2.18. The zero-order valence-corrected chi connectivity index (χ0v) is 13.5. The summed E-state index contributed by atoms with van der Waals surface area (Å²) >= 11 is 0. The third kappa shape index (κ3) is 4.70. The van der Waals surface area contributed by atoms with E-state index in [-0.39, 0.29) is 6.61 Å². The Labute approximate surface area is 128 Å². The SMILES string of the molecule is COc1ccc(CO)cc1CN(C)CC1CCN(C)CC1. The van der Waals surface area contributed by atoms with Crippen LogP contribution in [0.1, 0.15) is 24.0 Å². The van der Waals surface area contributed by atoms with E-state index in [9.17, 15) is 5.11 Å². The van der Waals surface area contributed by atoms with Crippen LogP contribution in [0, 0.1) is 5.92 Å². The van der Waals surface area contributed by atoms with Crippen LogP contribution < -0.4 is 4.74 Å². The number of likely N-dealkylation sites (tertiary alicyclic amines) is 1. The Bertz CT molecular complexity index is 442. The topological polar surface area (TPSA) is 35.9 Å². The molecule has 0 unspecified atom stereocenters. The highest BCUT2D eigenvalue weighted by molar-refractivity contribution is 5.37. The highest BCUT2D eigenvalue weighted by Crippen LogP contribution is 2.23. The van der Waals surface area contributed by atoms with E-state index in [0.29, 0.717) is 0 Å². The summed E-state index contributed by atoms with van der Waals surface area (Å²) in [6.07, 6.45) is 2.57. The zero-order chi connectivity index (χ0) is 15.2. The first-order chi connectivity index (χ1) is 10.1. The maximum atomic E-state index is 9.29. The van der Waals surface area contributed by atoms with E-state index < -0.39 is 0 Å². The third-order valence-electron chi connectivity index (χ3n) is 4.38. The number of rotatable bonds is 6. The molecule has 0 bridgehead atoms. The van der Waals surface area contributed by atoms with Crippen molar-refractivity contribution in [2.75, 3.05) is 40.8 Å². The van der Waals surface area contributed by atoms with Crippen molar-refractivity contribution in [3.8, 4) is 5.75 Å². The molecule has 4 nitrogen and oxygen atoms in total. The van der Waals surface area contributed by atoms with Gasteiger partial charge in [-0.2, -0.15) is 0 Å². The third-order valence-corrected chi connectivity index (χ3v) is 4.38. The van der Waals surface area contributed by atoms with E-state index in [1.54, 1.807) is 7.11 Å². The van der Waals surface area contributed by atoms with Gasteiger partial charge < -0.3 is 19.6 Å². The minimum atomic E-state index is 0.0790. The van der Waals surface area contributed by atoms with Crippen molar-refractivity contribution in [2.24, 2.45) is 5.92 Å². The second kappa shape index (κ2) is 7.78. The minimum Gasteiger partial charge on any atom is -0.496 e. The van der Waals surface area contributed by atoms with Gasteiger partial charge in [0, 0.05) is 18.7 Å². The lowest BCUT2D eigenvalue weighted by Gasteiger charge is -2.31. The second-order valence-electron chi connectivity index (χ2n) is 6.25. The van der Waals surface area contributed by atoms with Gasteiger partial charge in [0.15, 0.2) is 0 Å². The molecule has 1 fully saturated rings. The van der Waals surface area contributed by atoms with Gasteiger partial charge >= 0.3 is 0 Å². The lowest BCUT2D eigenvalue weighted by molar-refractivity contribution is 0.172. The number of aliphatic hydroxyl groups excluding tert-OH is 1. The van der Waals surface area contributed by atoms with Crippen molar-refractivity contribution in [2.45, 2.75) is 26.0 Å². The number of hydrogen-bond donors (Lipinski definition) is 1. The van der Waals surface area contributed by atoms with Crippen molar-refractivity contribution < 1.29 is 9.84 Å². The van der Waals surface area contributed by atoms with Crippen LogP contribution in [0.3, 0.4) is 0 Å². The van der Waals surface area contributed by atoms with Gasteiger partial charge in [0.2, 0.25) is 0 Å². The normalized spacial score (nSPS) is 17.4. The molecule has 1 N–H and O–H groups in total. The van der Waals surface area contributed by atoms with Crippen LogP contribution in [0.2, 0.25) is 0 Å². The lowest BCUT2D eigenvalue weighted by Crippen LogP contribution is -2.35. The molecule has 2 rings (SSSR count). The average molecular weight is 292 g/mol. The molecule has 4 heteroatoms. The molecule has 1 saturated heterocycles. The van der Waals surface area contributed by atoms with E-state index in [0.717, 1.165) is 35.9 Å². The summed E-state index contributed by atoms with van der Waals surface area (Å²) in [4.78, 5) is 4.78. The molecule has 0 atom stereocenters. The molecule has 1 aromatic rings. The van der Waals surface area contributed by atoms with E-state index in [1.165, 1.54) is 25.9 Å². The molecular weight excluding hydrogens is 264 g/mol. The molecule has 0 aromatic heterocycles. The first-order valence-electron chi connectivity index (χ1n) is 7.76. The molecule has 21 heavy (non-hydrogen) atoms. The Morgan fingerprint density at radius 3 is 2.67 bits per heavy atom. The van der Waals surface area contributed by atoms with Gasteiger partial charge in [-0.05, 0) is 63.6 Å². The molecule has 1 aliphatic heterocycles. The molecule has 0 spiro atoms. The Morgan fingerprint density at radius 2 is 2.05 bits per heavy atom. The number of nitrogens with zero attached hydrogens (tertiary/aromatic N) is 2. The summed E-state index contributed by atoms with van der Waals surface area (Å²) in [7, 11) is 6.07. The molecule has 1 aliphatic rings. The van der Waals surface area contributed by atoms with Crippen molar-refractivity contribution in [3.05, 3.63) is 29.3 Å². The highest BCUT2D eigenvalue weighted by atomic mass is 16.5. The quantitative estimate of drug-likeness (QED) is 0.869. The van der Waals surface area contributed by atoms with Crippen LogP contribution in [0.15, 0.2) is 18.2 Å². The first kappa shape index (κ1) is 16.3. The Balaban J connectivity index is 1.93. The van der Waals surface area contributed by atoms with Crippen LogP contribution in [0.5, 0.6) is 5.75 Å². The van der Waals surface area contributed by atoms with E-state index in [2.05, 4.69) is 23.9 Å². The largest absolute Gasteiger partial charge is 0.496 e. The van der Waals surface area contributed by atoms with Crippen LogP contribution in [-0.4, -0.2) is 55.7 Å². The fourth-order valence-electron chi connectivity index (χ4n) is 3.09. The van der Waals surface area contributed by atoms with E-state index in [1.807, 2.05) is 18.2 Å². The number of benzene rings is 1. The van der Waals surface area contributed by atoms with Gasteiger partial charge in [0.1, 0.15) is 5.75 Å². The maximum absolute atomic E-state index is 9.29. The summed E-state index contributed by atoms with van der Waals surface area (Å²) in [5.74, 6) is 1.70. The molecule has 0 amide bonds. The first-order valence-corrected chi connectivity index (χ1v) is 7.76. The minimum absolute atomic E-state index is 0.0790.